The fourth-order valence-corrected chi connectivity index (χ4v) is 4.46. The zero-order valence-electron chi connectivity index (χ0n) is 14.5. The number of rotatable bonds is 5. The predicted octanol–water partition coefficient (Wildman–Crippen LogP) is 4.68. The van der Waals surface area contributed by atoms with Gasteiger partial charge < -0.3 is 4.98 Å². The molecule has 0 unspecified atom stereocenters. The number of thiazole rings is 1. The highest BCUT2D eigenvalue weighted by molar-refractivity contribution is 7.71. The molecule has 0 saturated carbocycles. The van der Waals surface area contributed by atoms with E-state index >= 15 is 0 Å². The Labute approximate surface area is 172 Å². The summed E-state index contributed by atoms with van der Waals surface area (Å²) >= 11 is 8.20. The van der Waals surface area contributed by atoms with Gasteiger partial charge in [0.25, 0.3) is 11.5 Å². The third-order valence-electron chi connectivity index (χ3n) is 4.05. The van der Waals surface area contributed by atoms with Crippen molar-refractivity contribution in [2.24, 2.45) is 0 Å². The average Bonchev–Trinajstić information content (AvgIpc) is 3.36. The molecule has 0 fully saturated rings. The van der Waals surface area contributed by atoms with E-state index in [0.717, 1.165) is 10.6 Å². The van der Waals surface area contributed by atoms with Gasteiger partial charge in [-0.15, -0.1) is 29.3 Å². The number of nitrogens with zero attached hydrogens (tertiary/aromatic N) is 2. The quantitative estimate of drug-likeness (QED) is 0.359. The molecule has 2 N–H and O–H groups in total. The largest absolute Gasteiger partial charge is 0.332 e. The molecular weight excluding hydrogens is 412 g/mol. The fourth-order valence-electron chi connectivity index (χ4n) is 2.73. The molecule has 1 aromatic carbocycles. The Hall–Kier alpha value is -2.88. The van der Waals surface area contributed by atoms with Crippen LogP contribution < -0.4 is 10.9 Å². The minimum absolute atomic E-state index is 0.217. The summed E-state index contributed by atoms with van der Waals surface area (Å²) in [6.45, 7) is 3.96. The second-order valence-electron chi connectivity index (χ2n) is 5.86. The first kappa shape index (κ1) is 18.5. The van der Waals surface area contributed by atoms with E-state index in [0.29, 0.717) is 28.1 Å². The number of anilines is 1. The first-order valence-corrected chi connectivity index (χ1v) is 10.4. The lowest BCUT2D eigenvalue weighted by Gasteiger charge is -2.07. The van der Waals surface area contributed by atoms with Gasteiger partial charge in [-0.05, 0) is 41.9 Å². The Kier molecular flexibility index (Phi) is 5.03. The van der Waals surface area contributed by atoms with Gasteiger partial charge in [0.15, 0.2) is 9.90 Å². The van der Waals surface area contributed by atoms with Gasteiger partial charge in [-0.25, -0.2) is 4.98 Å². The molecule has 0 saturated heterocycles. The Bertz CT molecular complexity index is 1300. The van der Waals surface area contributed by atoms with Crippen LogP contribution in [0.1, 0.15) is 10.4 Å². The summed E-state index contributed by atoms with van der Waals surface area (Å²) in [6.07, 6.45) is 1.61. The number of hydrogen-bond donors (Lipinski definition) is 2. The molecule has 0 radical (unpaired) electrons. The average molecular weight is 427 g/mol. The molecule has 3 heterocycles. The van der Waals surface area contributed by atoms with Crippen LogP contribution in [-0.2, 0) is 6.54 Å². The van der Waals surface area contributed by atoms with Crippen LogP contribution in [0, 0.1) is 4.77 Å². The Morgan fingerprint density at radius 2 is 2.21 bits per heavy atom. The molecule has 1 amide bonds. The van der Waals surface area contributed by atoms with Crippen LogP contribution in [0.25, 0.3) is 21.5 Å². The molecule has 0 bridgehead atoms. The third-order valence-corrected chi connectivity index (χ3v) is 6.03. The first-order chi connectivity index (χ1) is 13.6. The normalized spacial score (nSPS) is 10.9. The van der Waals surface area contributed by atoms with Crippen LogP contribution in [0.2, 0.25) is 0 Å². The molecule has 0 aliphatic heterocycles. The Balaban J connectivity index is 1.63. The molecule has 0 aliphatic carbocycles. The maximum absolute atomic E-state index is 12.6. The van der Waals surface area contributed by atoms with Crippen LogP contribution in [-0.4, -0.2) is 20.4 Å². The van der Waals surface area contributed by atoms with Gasteiger partial charge >= 0.3 is 0 Å². The Morgan fingerprint density at radius 1 is 1.36 bits per heavy atom. The summed E-state index contributed by atoms with van der Waals surface area (Å²) in [5.41, 5.74) is 1.54. The van der Waals surface area contributed by atoms with E-state index in [9.17, 15) is 9.59 Å². The maximum Gasteiger partial charge on any atom is 0.262 e. The van der Waals surface area contributed by atoms with Gasteiger partial charge in [-0.3, -0.25) is 19.5 Å². The maximum atomic E-state index is 12.6. The van der Waals surface area contributed by atoms with Crippen molar-refractivity contribution in [1.29, 1.82) is 0 Å². The third kappa shape index (κ3) is 3.47. The minimum atomic E-state index is -0.302. The van der Waals surface area contributed by atoms with E-state index < -0.39 is 0 Å². The van der Waals surface area contributed by atoms with Crippen LogP contribution in [0.5, 0.6) is 0 Å². The standard InChI is InChI=1S/C19H14N4O2S3/c1-2-7-23-17(25)12-6-5-11(9-13(12)21-19(23)26)16(24)22-18-20-14(10-28-18)15-4-3-8-27-15/h2-6,8-10H,1,7H2,(H,21,26)(H,20,22,24). The summed E-state index contributed by atoms with van der Waals surface area (Å²) < 4.78 is 1.71. The van der Waals surface area contributed by atoms with Crippen molar-refractivity contribution in [3.05, 3.63) is 74.4 Å². The van der Waals surface area contributed by atoms with Gasteiger partial charge in [0, 0.05) is 17.5 Å². The number of amides is 1. The fraction of sp³-hybridized carbons (Fsp3) is 0.0526. The molecule has 3 aromatic heterocycles. The molecule has 0 aliphatic rings. The molecule has 4 aromatic rings. The summed E-state index contributed by atoms with van der Waals surface area (Å²) in [4.78, 5) is 33.7. The number of carbonyl (C=O) groups excluding carboxylic acids is 1. The number of nitrogens with one attached hydrogen (secondary N) is 2. The Morgan fingerprint density at radius 3 is 2.96 bits per heavy atom. The van der Waals surface area contributed by atoms with Gasteiger partial charge in [-0.2, -0.15) is 0 Å². The molecule has 140 valence electrons. The molecule has 0 spiro atoms. The molecule has 6 nitrogen and oxygen atoms in total. The number of aromatic nitrogens is 3. The van der Waals surface area contributed by atoms with Crippen molar-refractivity contribution in [3.8, 4) is 10.6 Å². The number of carbonyl (C=O) groups is 1. The SMILES string of the molecule is C=CCn1c(=S)[nH]c2cc(C(=O)Nc3nc(-c4cccs4)cs3)ccc2c1=O. The second-order valence-corrected chi connectivity index (χ2v) is 8.06. The smallest absolute Gasteiger partial charge is 0.262 e. The highest BCUT2D eigenvalue weighted by Gasteiger charge is 2.13. The van der Waals surface area contributed by atoms with Crippen molar-refractivity contribution in [2.45, 2.75) is 6.54 Å². The van der Waals surface area contributed by atoms with Gasteiger partial charge in [0.1, 0.15) is 0 Å². The van der Waals surface area contributed by atoms with Gasteiger partial charge in [0.05, 0.1) is 21.5 Å². The van der Waals surface area contributed by atoms with Crippen molar-refractivity contribution in [2.75, 3.05) is 5.32 Å². The molecule has 0 atom stereocenters. The monoisotopic (exact) mass is 426 g/mol. The van der Waals surface area contributed by atoms with Gasteiger partial charge in [0.2, 0.25) is 0 Å². The number of hydrogen-bond acceptors (Lipinski definition) is 6. The lowest BCUT2D eigenvalue weighted by atomic mass is 10.1. The predicted molar refractivity (Wildman–Crippen MR) is 117 cm³/mol. The zero-order valence-corrected chi connectivity index (χ0v) is 16.9. The van der Waals surface area contributed by atoms with Crippen molar-refractivity contribution >= 4 is 56.8 Å². The van der Waals surface area contributed by atoms with Crippen molar-refractivity contribution in [1.82, 2.24) is 14.5 Å². The lowest BCUT2D eigenvalue weighted by molar-refractivity contribution is 0.102. The molecule has 4 rings (SSSR count). The van der Waals surface area contributed by atoms with Gasteiger partial charge in [-0.1, -0.05) is 12.1 Å². The van der Waals surface area contributed by atoms with Crippen LogP contribution in [0.15, 0.2) is 58.5 Å². The second kappa shape index (κ2) is 7.63. The van der Waals surface area contributed by atoms with Crippen molar-refractivity contribution in [3.63, 3.8) is 0 Å². The summed E-state index contributed by atoms with van der Waals surface area (Å²) in [7, 11) is 0. The lowest BCUT2D eigenvalue weighted by Crippen LogP contribution is -2.22. The zero-order chi connectivity index (χ0) is 19.7. The van der Waals surface area contributed by atoms with E-state index in [-0.39, 0.29) is 16.2 Å². The number of benzene rings is 1. The van der Waals surface area contributed by atoms with Crippen LogP contribution in [0.4, 0.5) is 5.13 Å². The topological polar surface area (TPSA) is 79.8 Å². The van der Waals surface area contributed by atoms with E-state index in [2.05, 4.69) is 21.9 Å². The number of H-pyrrole nitrogens is 1. The molecular formula is C19H14N4O2S3. The van der Waals surface area contributed by atoms with Crippen molar-refractivity contribution < 1.29 is 4.79 Å². The van der Waals surface area contributed by atoms with E-state index in [1.807, 2.05) is 22.9 Å². The summed E-state index contributed by atoms with van der Waals surface area (Å²) in [6, 6.07) is 8.79. The molecule has 9 heteroatoms. The summed E-state index contributed by atoms with van der Waals surface area (Å²) in [5.74, 6) is -0.302. The van der Waals surface area contributed by atoms with E-state index in [1.165, 1.54) is 15.9 Å². The number of aromatic amines is 1. The number of thiophene rings is 1. The molecule has 28 heavy (non-hydrogen) atoms. The number of allylic oxidation sites excluding steroid dienone is 1. The van der Waals surface area contributed by atoms with E-state index in [4.69, 9.17) is 12.2 Å². The van der Waals surface area contributed by atoms with E-state index in [1.54, 1.807) is 35.6 Å². The van der Waals surface area contributed by atoms with Crippen LogP contribution >= 0.6 is 34.9 Å². The van der Waals surface area contributed by atoms with Crippen LogP contribution in [0.3, 0.4) is 0 Å². The highest BCUT2D eigenvalue weighted by atomic mass is 32.1. The highest BCUT2D eigenvalue weighted by Crippen LogP contribution is 2.28. The minimum Gasteiger partial charge on any atom is -0.332 e. The summed E-state index contributed by atoms with van der Waals surface area (Å²) in [5, 5.41) is 7.66. The number of fused-ring (bicyclic) bond motifs is 1. The first-order valence-electron chi connectivity index (χ1n) is 8.25.